The lowest BCUT2D eigenvalue weighted by Crippen LogP contribution is -2.34. The van der Waals surface area contributed by atoms with Gasteiger partial charge in [-0.2, -0.15) is 4.31 Å². The number of nitrogen functional groups attached to an aromatic ring is 1. The second kappa shape index (κ2) is 9.25. The van der Waals surface area contributed by atoms with Crippen molar-refractivity contribution < 1.29 is 17.9 Å². The van der Waals surface area contributed by atoms with Crippen LogP contribution in [0, 0.1) is 0 Å². The number of amides is 1. The van der Waals surface area contributed by atoms with Gasteiger partial charge in [-0.1, -0.05) is 31.2 Å². The standard InChI is InChI=1S/C25H27N3O4S/c1-3-28(33(30,31)20-8-6-7-19(16-20)32-2)24-14-12-17-15-18(11-13-21(17)24)25(29)27-23-10-5-4-9-22(23)26/h4-11,13,15-16,24H,3,12,14,26H2,1-2H3,(H,27,29). The highest BCUT2D eigenvalue weighted by Gasteiger charge is 2.35. The molecule has 8 heteroatoms. The summed E-state index contributed by atoms with van der Waals surface area (Å²) in [5, 5.41) is 2.84. The van der Waals surface area contributed by atoms with E-state index in [9.17, 15) is 13.2 Å². The Bertz CT molecular complexity index is 1290. The minimum absolute atomic E-state index is 0.202. The summed E-state index contributed by atoms with van der Waals surface area (Å²) in [6, 6.07) is 18.7. The number of methoxy groups -OCH3 is 1. The molecule has 4 rings (SSSR count). The number of carbonyl (C=O) groups excluding carboxylic acids is 1. The van der Waals surface area contributed by atoms with Gasteiger partial charge in [0.15, 0.2) is 0 Å². The second-order valence-corrected chi connectivity index (χ2v) is 9.79. The summed E-state index contributed by atoms with van der Waals surface area (Å²) in [5.74, 6) is 0.240. The average molecular weight is 466 g/mol. The zero-order valence-corrected chi connectivity index (χ0v) is 19.4. The Balaban J connectivity index is 1.60. The molecule has 0 radical (unpaired) electrons. The molecular formula is C25H27N3O4S. The van der Waals surface area contributed by atoms with Crippen LogP contribution in [0.25, 0.3) is 0 Å². The zero-order chi connectivity index (χ0) is 23.6. The van der Waals surface area contributed by atoms with Crippen LogP contribution in [-0.2, 0) is 16.4 Å². The molecule has 0 saturated carbocycles. The van der Waals surface area contributed by atoms with Crippen LogP contribution in [0.3, 0.4) is 0 Å². The summed E-state index contributed by atoms with van der Waals surface area (Å²) >= 11 is 0. The first-order chi connectivity index (χ1) is 15.8. The summed E-state index contributed by atoms with van der Waals surface area (Å²) in [6.45, 7) is 2.17. The predicted molar refractivity (Wildman–Crippen MR) is 129 cm³/mol. The van der Waals surface area contributed by atoms with Crippen LogP contribution in [0.15, 0.2) is 71.6 Å². The van der Waals surface area contributed by atoms with Gasteiger partial charge in [-0.25, -0.2) is 8.42 Å². The monoisotopic (exact) mass is 465 g/mol. The number of para-hydroxylation sites is 2. The Hall–Kier alpha value is -3.36. The van der Waals surface area contributed by atoms with Gasteiger partial charge in [0.2, 0.25) is 10.0 Å². The first kappa shape index (κ1) is 22.8. The number of ether oxygens (including phenoxy) is 1. The number of benzene rings is 3. The number of carbonyl (C=O) groups is 1. The van der Waals surface area contributed by atoms with Gasteiger partial charge in [-0.05, 0) is 60.4 Å². The van der Waals surface area contributed by atoms with Crippen molar-refractivity contribution in [3.8, 4) is 5.75 Å². The highest BCUT2D eigenvalue weighted by molar-refractivity contribution is 7.89. The summed E-state index contributed by atoms with van der Waals surface area (Å²) < 4.78 is 33.6. The topological polar surface area (TPSA) is 102 Å². The van der Waals surface area contributed by atoms with Crippen molar-refractivity contribution in [1.82, 2.24) is 4.31 Å². The Morgan fingerprint density at radius 3 is 2.64 bits per heavy atom. The van der Waals surface area contributed by atoms with Crippen LogP contribution in [-0.4, -0.2) is 32.3 Å². The Morgan fingerprint density at radius 2 is 1.91 bits per heavy atom. The van der Waals surface area contributed by atoms with E-state index in [1.807, 2.05) is 19.1 Å². The minimum atomic E-state index is -3.72. The third-order valence-electron chi connectivity index (χ3n) is 5.97. The number of nitrogens with one attached hydrogen (secondary N) is 1. The molecule has 3 aromatic carbocycles. The maximum Gasteiger partial charge on any atom is 0.255 e. The number of nitrogens with zero attached hydrogens (tertiary/aromatic N) is 1. The molecule has 1 aliphatic rings. The van der Waals surface area contributed by atoms with Gasteiger partial charge in [0, 0.05) is 18.2 Å². The molecular weight excluding hydrogens is 438 g/mol. The van der Waals surface area contributed by atoms with E-state index in [2.05, 4.69) is 5.32 Å². The summed E-state index contributed by atoms with van der Waals surface area (Å²) in [6.07, 6.45) is 1.35. The second-order valence-electron chi connectivity index (χ2n) is 7.90. The molecule has 7 nitrogen and oxygen atoms in total. The van der Waals surface area contributed by atoms with Gasteiger partial charge in [0.05, 0.1) is 29.4 Å². The lowest BCUT2D eigenvalue weighted by Gasteiger charge is -2.28. The van der Waals surface area contributed by atoms with Crippen molar-refractivity contribution in [3.05, 3.63) is 83.4 Å². The van der Waals surface area contributed by atoms with Crippen LogP contribution in [0.5, 0.6) is 5.75 Å². The largest absolute Gasteiger partial charge is 0.497 e. The van der Waals surface area contributed by atoms with Gasteiger partial charge < -0.3 is 15.8 Å². The normalized spacial score (nSPS) is 15.3. The molecule has 0 aromatic heterocycles. The van der Waals surface area contributed by atoms with E-state index in [1.165, 1.54) is 17.5 Å². The van der Waals surface area contributed by atoms with E-state index < -0.39 is 10.0 Å². The molecule has 3 aromatic rings. The SMILES string of the molecule is CCN(C1CCc2cc(C(=O)Nc3ccccc3N)ccc21)S(=O)(=O)c1cccc(OC)c1. The fourth-order valence-electron chi connectivity index (χ4n) is 4.30. The fourth-order valence-corrected chi connectivity index (χ4v) is 5.98. The number of anilines is 2. The maximum atomic E-state index is 13.4. The average Bonchev–Trinajstić information content (AvgIpc) is 3.23. The number of hydrogen-bond acceptors (Lipinski definition) is 5. The molecule has 0 bridgehead atoms. The van der Waals surface area contributed by atoms with E-state index in [0.29, 0.717) is 42.1 Å². The molecule has 33 heavy (non-hydrogen) atoms. The number of nitrogens with two attached hydrogens (primary N) is 1. The summed E-state index contributed by atoms with van der Waals surface area (Å²) in [4.78, 5) is 13.0. The zero-order valence-electron chi connectivity index (χ0n) is 18.6. The number of rotatable bonds is 7. The van der Waals surface area contributed by atoms with Crippen LogP contribution < -0.4 is 15.8 Å². The molecule has 1 amide bonds. The van der Waals surface area contributed by atoms with Gasteiger partial charge >= 0.3 is 0 Å². The molecule has 1 atom stereocenters. The summed E-state index contributed by atoms with van der Waals surface area (Å²) in [5.41, 5.74) is 9.40. The quantitative estimate of drug-likeness (QED) is 0.509. The van der Waals surface area contributed by atoms with Crippen molar-refractivity contribution >= 4 is 27.3 Å². The van der Waals surface area contributed by atoms with Crippen molar-refractivity contribution in [2.24, 2.45) is 0 Å². The first-order valence-corrected chi connectivity index (χ1v) is 12.2. The van der Waals surface area contributed by atoms with Gasteiger partial charge in [0.1, 0.15) is 5.75 Å². The number of fused-ring (bicyclic) bond motifs is 1. The molecule has 0 fully saturated rings. The van der Waals surface area contributed by atoms with Crippen molar-refractivity contribution in [2.75, 3.05) is 24.7 Å². The van der Waals surface area contributed by atoms with E-state index >= 15 is 0 Å². The smallest absolute Gasteiger partial charge is 0.255 e. The summed E-state index contributed by atoms with van der Waals surface area (Å²) in [7, 11) is -2.21. The van der Waals surface area contributed by atoms with Crippen molar-refractivity contribution in [2.45, 2.75) is 30.7 Å². The molecule has 3 N–H and O–H groups in total. The first-order valence-electron chi connectivity index (χ1n) is 10.8. The van der Waals surface area contributed by atoms with Crippen molar-refractivity contribution in [3.63, 3.8) is 0 Å². The predicted octanol–water partition coefficient (Wildman–Crippen LogP) is 4.23. The Labute approximate surface area is 194 Å². The molecule has 172 valence electrons. The van der Waals surface area contributed by atoms with E-state index in [1.54, 1.807) is 48.5 Å². The highest BCUT2D eigenvalue weighted by atomic mass is 32.2. The van der Waals surface area contributed by atoms with Gasteiger partial charge in [-0.15, -0.1) is 0 Å². The number of sulfonamides is 1. The minimum Gasteiger partial charge on any atom is -0.497 e. The van der Waals surface area contributed by atoms with E-state index in [-0.39, 0.29) is 16.8 Å². The fraction of sp³-hybridized carbons (Fsp3) is 0.240. The number of hydrogen-bond donors (Lipinski definition) is 2. The van der Waals surface area contributed by atoms with Crippen LogP contribution in [0.2, 0.25) is 0 Å². The molecule has 1 aliphatic carbocycles. The van der Waals surface area contributed by atoms with E-state index in [0.717, 1.165) is 11.1 Å². The van der Waals surface area contributed by atoms with E-state index in [4.69, 9.17) is 10.5 Å². The molecule has 1 unspecified atom stereocenters. The van der Waals surface area contributed by atoms with Gasteiger partial charge in [0.25, 0.3) is 5.91 Å². The molecule has 0 heterocycles. The van der Waals surface area contributed by atoms with Crippen LogP contribution in [0.4, 0.5) is 11.4 Å². The molecule has 0 saturated heterocycles. The Kier molecular flexibility index (Phi) is 6.40. The van der Waals surface area contributed by atoms with Crippen LogP contribution in [0.1, 0.15) is 40.9 Å². The third kappa shape index (κ3) is 4.44. The lowest BCUT2D eigenvalue weighted by atomic mass is 10.0. The number of aryl methyl sites for hydroxylation is 1. The molecule has 0 spiro atoms. The Morgan fingerprint density at radius 1 is 1.12 bits per heavy atom. The van der Waals surface area contributed by atoms with Gasteiger partial charge in [-0.3, -0.25) is 4.79 Å². The van der Waals surface area contributed by atoms with Crippen LogP contribution >= 0.6 is 0 Å². The maximum absolute atomic E-state index is 13.4. The lowest BCUT2D eigenvalue weighted by molar-refractivity contribution is 0.102. The third-order valence-corrected chi connectivity index (χ3v) is 7.95. The highest BCUT2D eigenvalue weighted by Crippen LogP contribution is 2.39. The van der Waals surface area contributed by atoms with Crippen molar-refractivity contribution in [1.29, 1.82) is 0 Å². The molecule has 0 aliphatic heterocycles.